The van der Waals surface area contributed by atoms with Crippen LogP contribution in [-0.4, -0.2) is 27.7 Å². The highest BCUT2D eigenvalue weighted by Gasteiger charge is 2.21. The Morgan fingerprint density at radius 2 is 2.20 bits per heavy atom. The topological polar surface area (TPSA) is 85.4 Å². The van der Waals surface area contributed by atoms with Gasteiger partial charge in [-0.3, -0.25) is 9.78 Å². The quantitative estimate of drug-likeness (QED) is 0.635. The number of aliphatic hydroxyl groups is 1. The molecule has 0 fully saturated rings. The number of rotatable bonds is 3. The Balaban J connectivity index is 2.54. The minimum Gasteiger partial charge on any atom is -0.459 e. The van der Waals surface area contributed by atoms with E-state index in [0.29, 0.717) is 11.3 Å². The molecule has 1 rings (SSSR count). The highest BCUT2D eigenvalue weighted by molar-refractivity contribution is 5.76. The molecule has 1 atom stereocenters. The van der Waals surface area contributed by atoms with Crippen LogP contribution in [0.1, 0.15) is 38.4 Å². The molecule has 0 aromatic carbocycles. The first kappa shape index (κ1) is 16.2. The van der Waals surface area contributed by atoms with Crippen molar-refractivity contribution < 1.29 is 14.6 Å². The molecule has 20 heavy (non-hydrogen) atoms. The van der Waals surface area contributed by atoms with Crippen LogP contribution in [-0.2, 0) is 16.1 Å². The summed E-state index contributed by atoms with van der Waals surface area (Å²) in [4.78, 5) is 15.6. The highest BCUT2D eigenvalue weighted by atomic mass is 16.6. The molecular weight excluding hydrogens is 256 g/mol. The van der Waals surface area contributed by atoms with Crippen LogP contribution in [0.5, 0.6) is 0 Å². The first-order valence-corrected chi connectivity index (χ1v) is 6.35. The molecule has 0 aliphatic heterocycles. The van der Waals surface area contributed by atoms with Gasteiger partial charge in [0.15, 0.2) is 0 Å². The van der Waals surface area contributed by atoms with Crippen molar-refractivity contribution in [3.05, 3.63) is 29.6 Å². The van der Waals surface area contributed by atoms with Gasteiger partial charge < -0.3 is 15.6 Å². The van der Waals surface area contributed by atoms with Gasteiger partial charge in [-0.1, -0.05) is 11.8 Å². The van der Waals surface area contributed by atoms with E-state index in [2.05, 4.69) is 16.8 Å². The summed E-state index contributed by atoms with van der Waals surface area (Å²) >= 11 is 0. The summed E-state index contributed by atoms with van der Waals surface area (Å²) in [7, 11) is 0. The van der Waals surface area contributed by atoms with Gasteiger partial charge in [0.05, 0.1) is 12.3 Å². The summed E-state index contributed by atoms with van der Waals surface area (Å²) < 4.78 is 5.16. The maximum atomic E-state index is 11.6. The van der Waals surface area contributed by atoms with Crippen LogP contribution in [0.15, 0.2) is 18.3 Å². The number of carbonyl (C=O) groups is 1. The first-order chi connectivity index (χ1) is 9.31. The molecule has 0 aliphatic rings. The molecule has 3 N–H and O–H groups in total. The average Bonchev–Trinajstić information content (AvgIpc) is 2.37. The van der Waals surface area contributed by atoms with Crippen LogP contribution in [0.2, 0.25) is 0 Å². The third kappa shape index (κ3) is 5.83. The van der Waals surface area contributed by atoms with E-state index in [9.17, 15) is 4.79 Å². The first-order valence-electron chi connectivity index (χ1n) is 6.35. The molecular formula is C15H20N2O3. The number of carbonyl (C=O) groups excluding carboxylic acids is 1. The standard InChI is InChI=1S/C15H20N2O3/c1-15(2,3)20-14(19)13(16)6-4-5-11-7-8-12(10-18)17-9-11/h7-9,13,18H,6,10,16H2,1-3H3/t13-/m0/s1. The van der Waals surface area contributed by atoms with Gasteiger partial charge in [-0.25, -0.2) is 0 Å². The third-order valence-electron chi connectivity index (χ3n) is 2.25. The Labute approximate surface area is 119 Å². The van der Waals surface area contributed by atoms with Crippen LogP contribution in [0, 0.1) is 11.8 Å². The molecule has 1 heterocycles. The van der Waals surface area contributed by atoms with E-state index in [-0.39, 0.29) is 13.0 Å². The molecule has 5 nitrogen and oxygen atoms in total. The summed E-state index contributed by atoms with van der Waals surface area (Å²) in [6.07, 6.45) is 1.79. The summed E-state index contributed by atoms with van der Waals surface area (Å²) in [6, 6.07) is 2.69. The summed E-state index contributed by atoms with van der Waals surface area (Å²) in [5.74, 6) is 5.23. The normalized spacial score (nSPS) is 12.2. The predicted molar refractivity (Wildman–Crippen MR) is 75.5 cm³/mol. The van der Waals surface area contributed by atoms with Crippen molar-refractivity contribution in [2.24, 2.45) is 5.73 Å². The van der Waals surface area contributed by atoms with Gasteiger partial charge in [0.25, 0.3) is 0 Å². The number of ether oxygens (including phenoxy) is 1. The lowest BCUT2D eigenvalue weighted by Crippen LogP contribution is -2.37. The SMILES string of the molecule is CC(C)(C)OC(=O)[C@@H](N)CC#Cc1ccc(CO)nc1. The molecule has 0 saturated carbocycles. The third-order valence-corrected chi connectivity index (χ3v) is 2.25. The molecule has 0 bridgehead atoms. The van der Waals surface area contributed by atoms with Crippen molar-refractivity contribution in [3.63, 3.8) is 0 Å². The highest BCUT2D eigenvalue weighted by Crippen LogP contribution is 2.08. The fraction of sp³-hybridized carbons (Fsp3) is 0.467. The molecule has 1 aromatic rings. The van der Waals surface area contributed by atoms with Gasteiger partial charge in [0, 0.05) is 18.2 Å². The second-order valence-electron chi connectivity index (χ2n) is 5.34. The van der Waals surface area contributed by atoms with E-state index in [4.69, 9.17) is 15.6 Å². The Hall–Kier alpha value is -1.90. The zero-order chi connectivity index (χ0) is 15.2. The minimum absolute atomic E-state index is 0.1000. The van der Waals surface area contributed by atoms with Crippen LogP contribution < -0.4 is 5.73 Å². The number of nitrogens with two attached hydrogens (primary N) is 1. The van der Waals surface area contributed by atoms with E-state index in [1.54, 1.807) is 39.1 Å². The van der Waals surface area contributed by atoms with E-state index in [0.717, 1.165) is 0 Å². The molecule has 0 spiro atoms. The Morgan fingerprint density at radius 1 is 1.50 bits per heavy atom. The lowest BCUT2D eigenvalue weighted by atomic mass is 10.1. The lowest BCUT2D eigenvalue weighted by Gasteiger charge is -2.21. The number of pyridine rings is 1. The Kier molecular flexibility index (Phi) is 5.68. The molecule has 0 aliphatic carbocycles. The fourth-order valence-electron chi connectivity index (χ4n) is 1.32. The number of esters is 1. The van der Waals surface area contributed by atoms with E-state index in [1.807, 2.05) is 0 Å². The Morgan fingerprint density at radius 3 is 2.70 bits per heavy atom. The van der Waals surface area contributed by atoms with Crippen LogP contribution in [0.25, 0.3) is 0 Å². The predicted octanol–water partition coefficient (Wildman–Crippen LogP) is 0.984. The van der Waals surface area contributed by atoms with Gasteiger partial charge in [-0.05, 0) is 32.9 Å². The van der Waals surface area contributed by atoms with E-state index < -0.39 is 17.6 Å². The van der Waals surface area contributed by atoms with E-state index in [1.165, 1.54) is 0 Å². The molecule has 1 aromatic heterocycles. The number of aromatic nitrogens is 1. The van der Waals surface area contributed by atoms with Gasteiger partial charge in [0.1, 0.15) is 11.6 Å². The molecule has 0 unspecified atom stereocenters. The van der Waals surface area contributed by atoms with Crippen molar-refractivity contribution in [2.45, 2.75) is 45.4 Å². The monoisotopic (exact) mass is 276 g/mol. The fourth-order valence-corrected chi connectivity index (χ4v) is 1.32. The molecule has 5 heteroatoms. The molecule has 108 valence electrons. The molecule has 0 radical (unpaired) electrons. The van der Waals surface area contributed by atoms with Gasteiger partial charge in [-0.15, -0.1) is 0 Å². The number of hydrogen-bond acceptors (Lipinski definition) is 5. The second-order valence-corrected chi connectivity index (χ2v) is 5.34. The maximum Gasteiger partial charge on any atom is 0.324 e. The maximum absolute atomic E-state index is 11.6. The summed E-state index contributed by atoms with van der Waals surface area (Å²) in [5.41, 5.74) is 6.45. The van der Waals surface area contributed by atoms with Crippen molar-refractivity contribution in [3.8, 4) is 11.8 Å². The van der Waals surface area contributed by atoms with Gasteiger partial charge in [0.2, 0.25) is 0 Å². The zero-order valence-corrected chi connectivity index (χ0v) is 12.0. The zero-order valence-electron chi connectivity index (χ0n) is 12.0. The average molecular weight is 276 g/mol. The molecule has 0 amide bonds. The second kappa shape index (κ2) is 7.04. The number of nitrogens with zero attached hydrogens (tertiary/aromatic N) is 1. The smallest absolute Gasteiger partial charge is 0.324 e. The summed E-state index contributed by atoms with van der Waals surface area (Å²) in [6.45, 7) is 5.27. The number of hydrogen-bond donors (Lipinski definition) is 2. The van der Waals surface area contributed by atoms with Crippen LogP contribution in [0.4, 0.5) is 0 Å². The lowest BCUT2D eigenvalue weighted by molar-refractivity contribution is -0.156. The summed E-state index contributed by atoms with van der Waals surface area (Å²) in [5, 5.41) is 8.86. The Bertz CT molecular complexity index is 507. The van der Waals surface area contributed by atoms with Crippen LogP contribution in [0.3, 0.4) is 0 Å². The van der Waals surface area contributed by atoms with Crippen LogP contribution >= 0.6 is 0 Å². The van der Waals surface area contributed by atoms with Crippen molar-refractivity contribution in [2.75, 3.05) is 0 Å². The van der Waals surface area contributed by atoms with Gasteiger partial charge in [-0.2, -0.15) is 0 Å². The van der Waals surface area contributed by atoms with Crippen molar-refractivity contribution in [1.29, 1.82) is 0 Å². The van der Waals surface area contributed by atoms with Gasteiger partial charge >= 0.3 is 5.97 Å². The largest absolute Gasteiger partial charge is 0.459 e. The van der Waals surface area contributed by atoms with E-state index >= 15 is 0 Å². The minimum atomic E-state index is -0.758. The number of aliphatic hydroxyl groups excluding tert-OH is 1. The van der Waals surface area contributed by atoms with Crippen molar-refractivity contribution >= 4 is 5.97 Å². The van der Waals surface area contributed by atoms with Crippen molar-refractivity contribution in [1.82, 2.24) is 4.98 Å². The molecule has 0 saturated heterocycles.